The molecule has 1 unspecified atom stereocenters. The lowest BCUT2D eigenvalue weighted by Gasteiger charge is -2.21. The maximum Gasteiger partial charge on any atom is 0.0701 e. The Morgan fingerprint density at radius 3 is 2.50 bits per heavy atom. The topological polar surface area (TPSA) is 32.3 Å². The van der Waals surface area contributed by atoms with Gasteiger partial charge in [0.25, 0.3) is 0 Å². The summed E-state index contributed by atoms with van der Waals surface area (Å²) in [6.07, 6.45) is 0. The van der Waals surface area contributed by atoms with Crippen LogP contribution >= 0.6 is 27.3 Å². The van der Waals surface area contributed by atoms with Crippen LogP contribution in [0.2, 0.25) is 0 Å². The van der Waals surface area contributed by atoms with Crippen LogP contribution in [0.5, 0.6) is 0 Å². The van der Waals surface area contributed by atoms with Crippen molar-refractivity contribution < 1.29 is 5.11 Å². The summed E-state index contributed by atoms with van der Waals surface area (Å²) in [7, 11) is 0. The Balaban J connectivity index is 2.07. The second-order valence-corrected chi connectivity index (χ2v) is 6.67. The molecule has 2 aromatic rings. The number of aliphatic hydroxyl groups is 1. The first-order valence-corrected chi connectivity index (χ1v) is 7.48. The van der Waals surface area contributed by atoms with E-state index in [0.717, 1.165) is 9.35 Å². The van der Waals surface area contributed by atoms with Gasteiger partial charge in [0.1, 0.15) is 0 Å². The van der Waals surface area contributed by atoms with Crippen molar-refractivity contribution in [1.29, 1.82) is 0 Å². The SMILES string of the molecule is CC(N[C@@H](CO)c1ccccc1)c1ccc(Br)s1. The Hall–Kier alpha value is -0.680. The van der Waals surface area contributed by atoms with Crippen molar-refractivity contribution in [2.24, 2.45) is 0 Å². The zero-order valence-corrected chi connectivity index (χ0v) is 12.5. The molecule has 1 heterocycles. The van der Waals surface area contributed by atoms with Crippen molar-refractivity contribution in [2.45, 2.75) is 19.0 Å². The number of halogens is 1. The number of rotatable bonds is 5. The van der Waals surface area contributed by atoms with Crippen LogP contribution in [-0.2, 0) is 0 Å². The Labute approximate surface area is 120 Å². The van der Waals surface area contributed by atoms with Gasteiger partial charge in [-0.05, 0) is 40.5 Å². The van der Waals surface area contributed by atoms with Crippen molar-refractivity contribution in [3.63, 3.8) is 0 Å². The normalized spacial score (nSPS) is 14.4. The molecule has 0 spiro atoms. The lowest BCUT2D eigenvalue weighted by atomic mass is 10.1. The Morgan fingerprint density at radius 1 is 1.22 bits per heavy atom. The summed E-state index contributed by atoms with van der Waals surface area (Å²) in [5.74, 6) is 0. The fourth-order valence-electron chi connectivity index (χ4n) is 1.88. The molecule has 4 heteroatoms. The van der Waals surface area contributed by atoms with Gasteiger partial charge in [-0.15, -0.1) is 11.3 Å². The first kappa shape index (κ1) is 13.7. The molecule has 0 bridgehead atoms. The van der Waals surface area contributed by atoms with Crippen molar-refractivity contribution >= 4 is 27.3 Å². The molecule has 0 aliphatic heterocycles. The Bertz CT molecular complexity index is 486. The zero-order valence-electron chi connectivity index (χ0n) is 10.1. The summed E-state index contributed by atoms with van der Waals surface area (Å²) >= 11 is 5.19. The van der Waals surface area contributed by atoms with Crippen LogP contribution in [0.15, 0.2) is 46.3 Å². The molecule has 0 fully saturated rings. The van der Waals surface area contributed by atoms with Gasteiger partial charge in [0.2, 0.25) is 0 Å². The molecule has 0 saturated heterocycles. The van der Waals surface area contributed by atoms with Gasteiger partial charge >= 0.3 is 0 Å². The zero-order chi connectivity index (χ0) is 13.0. The van der Waals surface area contributed by atoms with Crippen LogP contribution in [-0.4, -0.2) is 11.7 Å². The third kappa shape index (κ3) is 3.42. The fraction of sp³-hybridized carbons (Fsp3) is 0.286. The van der Waals surface area contributed by atoms with Crippen LogP contribution < -0.4 is 5.32 Å². The summed E-state index contributed by atoms with van der Waals surface area (Å²) in [4.78, 5) is 1.26. The molecule has 0 aliphatic carbocycles. The smallest absolute Gasteiger partial charge is 0.0701 e. The molecular weight excluding hydrogens is 310 g/mol. The number of aliphatic hydroxyl groups excluding tert-OH is 1. The first-order chi connectivity index (χ1) is 8.70. The van der Waals surface area contributed by atoms with Crippen molar-refractivity contribution in [2.75, 3.05) is 6.61 Å². The summed E-state index contributed by atoms with van der Waals surface area (Å²) < 4.78 is 1.13. The number of benzene rings is 1. The summed E-state index contributed by atoms with van der Waals surface area (Å²) in [5, 5.41) is 13.0. The number of hydrogen-bond donors (Lipinski definition) is 2. The fourth-order valence-corrected chi connectivity index (χ4v) is 3.32. The van der Waals surface area contributed by atoms with Gasteiger partial charge in [0.15, 0.2) is 0 Å². The highest BCUT2D eigenvalue weighted by Crippen LogP contribution is 2.28. The molecular formula is C14H16BrNOS. The Kier molecular flexibility index (Phi) is 4.95. The standard InChI is InChI=1S/C14H16BrNOS/c1-10(13-7-8-14(15)18-13)16-12(9-17)11-5-3-2-4-6-11/h2-8,10,12,16-17H,9H2,1H3/t10?,12-/m0/s1. The summed E-state index contributed by atoms with van der Waals surface area (Å²) in [5.41, 5.74) is 1.11. The quantitative estimate of drug-likeness (QED) is 0.873. The second kappa shape index (κ2) is 6.48. The van der Waals surface area contributed by atoms with Crippen LogP contribution in [0.25, 0.3) is 0 Å². The highest BCUT2D eigenvalue weighted by atomic mass is 79.9. The maximum atomic E-state index is 9.51. The van der Waals surface area contributed by atoms with Crippen LogP contribution in [0.3, 0.4) is 0 Å². The van der Waals surface area contributed by atoms with Gasteiger partial charge in [0.05, 0.1) is 16.4 Å². The summed E-state index contributed by atoms with van der Waals surface area (Å²) in [6, 6.07) is 14.4. The minimum atomic E-state index is -0.0259. The van der Waals surface area contributed by atoms with E-state index in [-0.39, 0.29) is 18.7 Å². The van der Waals surface area contributed by atoms with E-state index in [1.54, 1.807) is 11.3 Å². The van der Waals surface area contributed by atoms with Crippen molar-refractivity contribution in [3.8, 4) is 0 Å². The molecule has 96 valence electrons. The lowest BCUT2D eigenvalue weighted by Crippen LogP contribution is -2.26. The van der Waals surface area contributed by atoms with E-state index in [0.29, 0.717) is 0 Å². The molecule has 0 aliphatic rings. The maximum absolute atomic E-state index is 9.51. The minimum Gasteiger partial charge on any atom is -0.394 e. The van der Waals surface area contributed by atoms with Gasteiger partial charge in [-0.3, -0.25) is 0 Å². The Morgan fingerprint density at radius 2 is 1.94 bits per heavy atom. The van der Waals surface area contributed by atoms with Crippen LogP contribution in [0.1, 0.15) is 29.4 Å². The molecule has 2 atom stereocenters. The van der Waals surface area contributed by atoms with Crippen LogP contribution in [0, 0.1) is 0 Å². The van der Waals surface area contributed by atoms with Gasteiger partial charge in [-0.1, -0.05) is 30.3 Å². The van der Waals surface area contributed by atoms with Crippen LogP contribution in [0.4, 0.5) is 0 Å². The molecule has 2 rings (SSSR count). The molecule has 0 saturated carbocycles. The average molecular weight is 326 g/mol. The molecule has 18 heavy (non-hydrogen) atoms. The third-order valence-electron chi connectivity index (χ3n) is 2.86. The molecule has 2 nitrogen and oxygen atoms in total. The predicted octanol–water partition coefficient (Wildman–Crippen LogP) is 3.89. The first-order valence-electron chi connectivity index (χ1n) is 5.88. The number of thiophene rings is 1. The second-order valence-electron chi connectivity index (χ2n) is 4.18. The predicted molar refractivity (Wildman–Crippen MR) is 79.8 cm³/mol. The van der Waals surface area contributed by atoms with E-state index in [4.69, 9.17) is 0 Å². The average Bonchev–Trinajstić information content (AvgIpc) is 2.83. The molecule has 1 aromatic heterocycles. The summed E-state index contributed by atoms with van der Waals surface area (Å²) in [6.45, 7) is 2.21. The van der Waals surface area contributed by atoms with Crippen molar-refractivity contribution in [1.82, 2.24) is 5.32 Å². The lowest BCUT2D eigenvalue weighted by molar-refractivity contribution is 0.236. The third-order valence-corrected chi connectivity index (χ3v) is 4.66. The molecule has 1 aromatic carbocycles. The van der Waals surface area contributed by atoms with E-state index in [2.05, 4.69) is 40.3 Å². The number of nitrogens with one attached hydrogen (secondary N) is 1. The highest BCUT2D eigenvalue weighted by molar-refractivity contribution is 9.11. The van der Waals surface area contributed by atoms with Gasteiger partial charge < -0.3 is 10.4 Å². The number of hydrogen-bond acceptors (Lipinski definition) is 3. The highest BCUT2D eigenvalue weighted by Gasteiger charge is 2.15. The largest absolute Gasteiger partial charge is 0.394 e. The van der Waals surface area contributed by atoms with Gasteiger partial charge in [0, 0.05) is 10.9 Å². The van der Waals surface area contributed by atoms with E-state index in [1.165, 1.54) is 4.88 Å². The van der Waals surface area contributed by atoms with Crippen molar-refractivity contribution in [3.05, 3.63) is 56.7 Å². The van der Waals surface area contributed by atoms with E-state index in [9.17, 15) is 5.11 Å². The molecule has 0 radical (unpaired) electrons. The molecule has 0 amide bonds. The van der Waals surface area contributed by atoms with E-state index >= 15 is 0 Å². The van der Waals surface area contributed by atoms with Gasteiger partial charge in [-0.2, -0.15) is 0 Å². The molecule has 2 N–H and O–H groups in total. The van der Waals surface area contributed by atoms with E-state index in [1.807, 2.05) is 30.3 Å². The van der Waals surface area contributed by atoms with E-state index < -0.39 is 0 Å². The monoisotopic (exact) mass is 325 g/mol. The minimum absolute atomic E-state index is 0.0259. The van der Waals surface area contributed by atoms with Gasteiger partial charge in [-0.25, -0.2) is 0 Å².